The zero-order chi connectivity index (χ0) is 29.0. The van der Waals surface area contributed by atoms with Crippen molar-refractivity contribution in [2.45, 2.75) is 25.7 Å². The topological polar surface area (TPSA) is 9.86 Å². The van der Waals surface area contributed by atoms with Gasteiger partial charge in [0.1, 0.15) is 0 Å². The highest BCUT2D eigenvalue weighted by atomic mass is 15.0. The number of nitrogens with zero attached hydrogens (tertiary/aromatic N) is 2. The Bertz CT molecular complexity index is 2300. The van der Waals surface area contributed by atoms with Gasteiger partial charge in [0.05, 0.1) is 16.6 Å². The number of rotatable bonds is 4. The van der Waals surface area contributed by atoms with Crippen molar-refractivity contribution in [1.82, 2.24) is 9.13 Å². The van der Waals surface area contributed by atoms with Crippen LogP contribution < -0.4 is 0 Å². The predicted molar refractivity (Wildman–Crippen MR) is 187 cm³/mol. The second-order valence-corrected chi connectivity index (χ2v) is 11.9. The molecular formula is C42H32N2. The van der Waals surface area contributed by atoms with Crippen LogP contribution in [0.25, 0.3) is 72.4 Å². The summed E-state index contributed by atoms with van der Waals surface area (Å²) in [5, 5.41) is 3.93. The molecular weight excluding hydrogens is 532 g/mol. The summed E-state index contributed by atoms with van der Waals surface area (Å²) in [7, 11) is 0. The molecule has 2 heteroatoms. The Labute approximate surface area is 257 Å². The fraction of sp³-hybridized carbons (Fsp3) is 0.0952. The molecule has 7 aromatic rings. The summed E-state index contributed by atoms with van der Waals surface area (Å²) in [5.74, 6) is 0. The summed E-state index contributed by atoms with van der Waals surface area (Å²) >= 11 is 0. The number of hydrogen-bond donors (Lipinski definition) is 0. The van der Waals surface area contributed by atoms with Crippen LogP contribution in [0.3, 0.4) is 0 Å². The molecule has 0 spiro atoms. The molecule has 2 aromatic heterocycles. The van der Waals surface area contributed by atoms with Crippen molar-refractivity contribution in [2.75, 3.05) is 0 Å². The summed E-state index contributed by atoms with van der Waals surface area (Å²) in [4.78, 5) is 0. The minimum absolute atomic E-state index is 1.03. The Balaban J connectivity index is 1.35. The van der Waals surface area contributed by atoms with E-state index in [2.05, 4.69) is 155 Å². The second kappa shape index (κ2) is 10.1. The quantitative estimate of drug-likeness (QED) is 0.201. The molecule has 0 saturated heterocycles. The molecule has 5 aromatic carbocycles. The molecule has 0 aliphatic heterocycles. The fourth-order valence-electron chi connectivity index (χ4n) is 7.51. The van der Waals surface area contributed by atoms with E-state index in [1.165, 1.54) is 77.6 Å². The maximum absolute atomic E-state index is 2.55. The molecule has 210 valence electrons. The molecule has 2 aliphatic rings. The SMILES string of the molecule is C1=CCCC(n2c3ccccc3c3cccc(-c4cccc5c6c(n(-c7ccc(-c8ccccc8)cc7)c45)CCC=C6)c32)=C1. The average Bonchev–Trinajstić information content (AvgIpc) is 3.63. The molecule has 0 amide bonds. The molecule has 0 radical (unpaired) electrons. The zero-order valence-corrected chi connectivity index (χ0v) is 24.6. The van der Waals surface area contributed by atoms with Gasteiger partial charge in [-0.1, -0.05) is 121 Å². The minimum Gasteiger partial charge on any atom is -0.312 e. The van der Waals surface area contributed by atoms with Crippen molar-refractivity contribution < 1.29 is 0 Å². The van der Waals surface area contributed by atoms with Gasteiger partial charge in [0, 0.05) is 49.9 Å². The van der Waals surface area contributed by atoms with Crippen LogP contribution in [0.1, 0.15) is 30.5 Å². The first-order valence-corrected chi connectivity index (χ1v) is 15.7. The van der Waals surface area contributed by atoms with E-state index in [-0.39, 0.29) is 0 Å². The standard InChI is InChI=1S/C42H32N2/c1-3-13-29(14-4-1)30-25-27-32(28-26-30)44-40-24-10-8-18-34(40)36-20-12-22-38(42(36)44)37-21-11-19-35-33-17-7-9-23-39(33)43(41(35)37)31-15-5-2-6-16-31/h1-5,7-9,11-15,17-23,25-28H,6,10,16,24H2. The van der Waals surface area contributed by atoms with Crippen LogP contribution in [0.5, 0.6) is 0 Å². The number of aromatic nitrogens is 2. The van der Waals surface area contributed by atoms with Crippen LogP contribution in [-0.2, 0) is 6.42 Å². The summed E-state index contributed by atoms with van der Waals surface area (Å²) in [6.45, 7) is 0. The van der Waals surface area contributed by atoms with Gasteiger partial charge >= 0.3 is 0 Å². The molecule has 0 fully saturated rings. The highest BCUT2D eigenvalue weighted by Gasteiger charge is 2.24. The largest absolute Gasteiger partial charge is 0.312 e. The third kappa shape index (κ3) is 3.81. The van der Waals surface area contributed by atoms with Gasteiger partial charge in [-0.15, -0.1) is 0 Å². The van der Waals surface area contributed by atoms with Gasteiger partial charge in [-0.2, -0.15) is 0 Å². The molecule has 0 unspecified atom stereocenters. The van der Waals surface area contributed by atoms with Crippen molar-refractivity contribution in [3.05, 3.63) is 151 Å². The Kier molecular flexibility index (Phi) is 5.80. The number of para-hydroxylation sites is 3. The third-order valence-electron chi connectivity index (χ3n) is 9.46. The van der Waals surface area contributed by atoms with E-state index in [0.29, 0.717) is 0 Å². The molecule has 2 heterocycles. The van der Waals surface area contributed by atoms with Crippen LogP contribution in [0.2, 0.25) is 0 Å². The smallest absolute Gasteiger partial charge is 0.0617 e. The van der Waals surface area contributed by atoms with E-state index in [4.69, 9.17) is 0 Å². The first-order valence-electron chi connectivity index (χ1n) is 15.7. The van der Waals surface area contributed by atoms with Crippen molar-refractivity contribution in [2.24, 2.45) is 0 Å². The Morgan fingerprint density at radius 3 is 1.98 bits per heavy atom. The molecule has 9 rings (SSSR count). The van der Waals surface area contributed by atoms with Crippen LogP contribution in [0, 0.1) is 0 Å². The fourth-order valence-corrected chi connectivity index (χ4v) is 7.51. The van der Waals surface area contributed by atoms with Gasteiger partial charge in [0.2, 0.25) is 0 Å². The highest BCUT2D eigenvalue weighted by molar-refractivity contribution is 6.16. The van der Waals surface area contributed by atoms with Crippen molar-refractivity contribution in [3.63, 3.8) is 0 Å². The number of fused-ring (bicyclic) bond motifs is 6. The minimum atomic E-state index is 1.03. The molecule has 0 N–H and O–H groups in total. The molecule has 2 nitrogen and oxygen atoms in total. The predicted octanol–water partition coefficient (Wildman–Crippen LogP) is 11.2. The van der Waals surface area contributed by atoms with Gasteiger partial charge in [-0.3, -0.25) is 0 Å². The first-order chi connectivity index (χ1) is 21.9. The van der Waals surface area contributed by atoms with Gasteiger partial charge in [0.25, 0.3) is 0 Å². The molecule has 0 saturated carbocycles. The second-order valence-electron chi connectivity index (χ2n) is 11.9. The van der Waals surface area contributed by atoms with E-state index in [0.717, 1.165) is 25.7 Å². The molecule has 0 atom stereocenters. The van der Waals surface area contributed by atoms with E-state index in [9.17, 15) is 0 Å². The summed E-state index contributed by atoms with van der Waals surface area (Å²) in [6, 6.07) is 42.4. The lowest BCUT2D eigenvalue weighted by Crippen LogP contribution is -2.04. The number of allylic oxidation sites excluding steroid dienone is 5. The van der Waals surface area contributed by atoms with Crippen LogP contribution in [0.4, 0.5) is 0 Å². The number of benzene rings is 5. The third-order valence-corrected chi connectivity index (χ3v) is 9.46. The monoisotopic (exact) mass is 564 g/mol. The summed E-state index contributed by atoms with van der Waals surface area (Å²) < 4.78 is 5.08. The van der Waals surface area contributed by atoms with E-state index >= 15 is 0 Å². The van der Waals surface area contributed by atoms with Gasteiger partial charge < -0.3 is 9.13 Å². The zero-order valence-electron chi connectivity index (χ0n) is 24.6. The summed E-state index contributed by atoms with van der Waals surface area (Å²) in [6.07, 6.45) is 15.7. The average molecular weight is 565 g/mol. The van der Waals surface area contributed by atoms with Crippen molar-refractivity contribution >= 4 is 44.5 Å². The maximum Gasteiger partial charge on any atom is 0.0617 e. The van der Waals surface area contributed by atoms with Crippen LogP contribution >= 0.6 is 0 Å². The molecule has 0 bridgehead atoms. The lowest BCUT2D eigenvalue weighted by atomic mass is 9.97. The Morgan fingerprint density at radius 1 is 0.500 bits per heavy atom. The number of hydrogen-bond acceptors (Lipinski definition) is 0. The Hall–Kier alpha value is -5.34. The van der Waals surface area contributed by atoms with E-state index < -0.39 is 0 Å². The van der Waals surface area contributed by atoms with Crippen LogP contribution in [-0.4, -0.2) is 9.13 Å². The van der Waals surface area contributed by atoms with Gasteiger partial charge in [0.15, 0.2) is 0 Å². The molecule has 2 aliphatic carbocycles. The van der Waals surface area contributed by atoms with Crippen molar-refractivity contribution in [3.8, 4) is 27.9 Å². The van der Waals surface area contributed by atoms with Gasteiger partial charge in [-0.25, -0.2) is 0 Å². The van der Waals surface area contributed by atoms with Gasteiger partial charge in [-0.05, 0) is 61.1 Å². The Morgan fingerprint density at radius 2 is 1.18 bits per heavy atom. The maximum atomic E-state index is 2.55. The highest BCUT2D eigenvalue weighted by Crippen LogP contribution is 2.44. The normalized spacial score (nSPS) is 14.4. The van der Waals surface area contributed by atoms with E-state index in [1.807, 2.05) is 0 Å². The van der Waals surface area contributed by atoms with Crippen LogP contribution in [0.15, 0.2) is 140 Å². The lowest BCUT2D eigenvalue weighted by Gasteiger charge is -2.18. The van der Waals surface area contributed by atoms with E-state index in [1.54, 1.807) is 0 Å². The molecule has 44 heavy (non-hydrogen) atoms. The first kappa shape index (κ1) is 25.2. The summed E-state index contributed by atoms with van der Waals surface area (Å²) in [5.41, 5.74) is 14.2. The van der Waals surface area contributed by atoms with Crippen molar-refractivity contribution in [1.29, 1.82) is 0 Å². The lowest BCUT2D eigenvalue weighted by molar-refractivity contribution is 0.889.